The Bertz CT molecular complexity index is 601. The van der Waals surface area contributed by atoms with Crippen LogP contribution in [0.5, 0.6) is 0 Å². The molecule has 0 aliphatic rings. The van der Waals surface area contributed by atoms with Crippen LogP contribution in [0.25, 0.3) is 10.9 Å². The molecule has 2 N–H and O–H groups in total. The molecule has 0 radical (unpaired) electrons. The number of hydrogen-bond acceptors (Lipinski definition) is 4. The molecule has 0 fully saturated rings. The minimum absolute atomic E-state index is 0.278. The molecule has 1 heterocycles. The van der Waals surface area contributed by atoms with Gasteiger partial charge < -0.3 is 10.6 Å². The first-order valence-corrected chi connectivity index (χ1v) is 7.66. The Hall–Kier alpha value is -1.84. The third-order valence-corrected chi connectivity index (χ3v) is 3.99. The number of anilines is 2. The average molecular weight is 286 g/mol. The van der Waals surface area contributed by atoms with E-state index in [9.17, 15) is 0 Å². The van der Waals surface area contributed by atoms with E-state index >= 15 is 0 Å². The van der Waals surface area contributed by atoms with E-state index in [1.807, 2.05) is 25.1 Å². The van der Waals surface area contributed by atoms with Gasteiger partial charge in [-0.05, 0) is 30.4 Å². The molecule has 2 rings (SSSR count). The van der Waals surface area contributed by atoms with Crippen molar-refractivity contribution in [3.63, 3.8) is 0 Å². The van der Waals surface area contributed by atoms with Crippen LogP contribution in [0.4, 0.5) is 11.8 Å². The Morgan fingerprint density at radius 2 is 1.81 bits per heavy atom. The maximum Gasteiger partial charge on any atom is 0.225 e. The van der Waals surface area contributed by atoms with Crippen LogP contribution in [0.3, 0.4) is 0 Å². The number of para-hydroxylation sites is 1. The van der Waals surface area contributed by atoms with E-state index in [1.54, 1.807) is 0 Å². The Kier molecular flexibility index (Phi) is 4.66. The van der Waals surface area contributed by atoms with Crippen molar-refractivity contribution in [2.45, 2.75) is 34.6 Å². The minimum atomic E-state index is 0.278. The van der Waals surface area contributed by atoms with E-state index in [0.717, 1.165) is 29.8 Å². The molecule has 1 unspecified atom stereocenters. The van der Waals surface area contributed by atoms with Crippen LogP contribution < -0.4 is 10.6 Å². The number of nitrogens with zero attached hydrogens (tertiary/aromatic N) is 2. The predicted molar refractivity (Wildman–Crippen MR) is 90.8 cm³/mol. The van der Waals surface area contributed by atoms with Crippen molar-refractivity contribution in [3.05, 3.63) is 24.3 Å². The third kappa shape index (κ3) is 3.84. The summed E-state index contributed by atoms with van der Waals surface area (Å²) >= 11 is 0. The van der Waals surface area contributed by atoms with Crippen LogP contribution in [-0.4, -0.2) is 23.1 Å². The number of fused-ring (bicyclic) bond motifs is 1. The number of rotatable bonds is 5. The Labute approximate surface area is 127 Å². The molecule has 4 nitrogen and oxygen atoms in total. The SMILES string of the molecule is CCNc1nc(NCC(C)C(C)(C)C)c2ccccc2n1. The molecule has 0 saturated carbocycles. The molecule has 21 heavy (non-hydrogen) atoms. The zero-order valence-corrected chi connectivity index (χ0v) is 13.7. The lowest BCUT2D eigenvalue weighted by molar-refractivity contribution is 0.274. The second-order valence-corrected chi connectivity index (χ2v) is 6.59. The van der Waals surface area contributed by atoms with E-state index < -0.39 is 0 Å². The van der Waals surface area contributed by atoms with Crippen LogP contribution in [0.1, 0.15) is 34.6 Å². The second kappa shape index (κ2) is 6.29. The fraction of sp³-hybridized carbons (Fsp3) is 0.529. The fourth-order valence-corrected chi connectivity index (χ4v) is 2.00. The van der Waals surface area contributed by atoms with Gasteiger partial charge in [0.05, 0.1) is 5.52 Å². The maximum atomic E-state index is 4.61. The zero-order valence-electron chi connectivity index (χ0n) is 13.7. The van der Waals surface area contributed by atoms with Crippen LogP contribution >= 0.6 is 0 Å². The number of benzene rings is 1. The fourth-order valence-electron chi connectivity index (χ4n) is 2.00. The summed E-state index contributed by atoms with van der Waals surface area (Å²) < 4.78 is 0. The lowest BCUT2D eigenvalue weighted by Gasteiger charge is -2.27. The van der Waals surface area contributed by atoms with Gasteiger partial charge in [-0.3, -0.25) is 0 Å². The highest BCUT2D eigenvalue weighted by molar-refractivity contribution is 5.89. The topological polar surface area (TPSA) is 49.8 Å². The first-order chi connectivity index (χ1) is 9.91. The van der Waals surface area contributed by atoms with Crippen LogP contribution in [0.2, 0.25) is 0 Å². The molecule has 1 aromatic carbocycles. The molecule has 0 bridgehead atoms. The van der Waals surface area contributed by atoms with Gasteiger partial charge >= 0.3 is 0 Å². The Morgan fingerprint density at radius 3 is 2.48 bits per heavy atom. The van der Waals surface area contributed by atoms with Gasteiger partial charge in [0, 0.05) is 18.5 Å². The number of hydrogen-bond donors (Lipinski definition) is 2. The molecule has 0 aliphatic heterocycles. The quantitative estimate of drug-likeness (QED) is 0.866. The summed E-state index contributed by atoms with van der Waals surface area (Å²) in [4.78, 5) is 9.15. The lowest BCUT2D eigenvalue weighted by Crippen LogP contribution is -2.25. The molecule has 4 heteroatoms. The van der Waals surface area contributed by atoms with Gasteiger partial charge in [0.15, 0.2) is 0 Å². The molecule has 0 spiro atoms. The third-order valence-electron chi connectivity index (χ3n) is 3.99. The molecule has 0 saturated heterocycles. The maximum absolute atomic E-state index is 4.61. The molecular weight excluding hydrogens is 260 g/mol. The predicted octanol–water partition coefficient (Wildman–Crippen LogP) is 4.16. The van der Waals surface area contributed by atoms with Crippen molar-refractivity contribution in [3.8, 4) is 0 Å². The summed E-state index contributed by atoms with van der Waals surface area (Å²) in [7, 11) is 0. The Balaban J connectivity index is 2.28. The van der Waals surface area contributed by atoms with Crippen molar-refractivity contribution in [1.82, 2.24) is 9.97 Å². The smallest absolute Gasteiger partial charge is 0.225 e. The van der Waals surface area contributed by atoms with Crippen molar-refractivity contribution < 1.29 is 0 Å². The first-order valence-electron chi connectivity index (χ1n) is 7.66. The second-order valence-electron chi connectivity index (χ2n) is 6.59. The first kappa shape index (κ1) is 15.5. The molecule has 1 aromatic heterocycles. The Morgan fingerprint density at radius 1 is 1.10 bits per heavy atom. The molecule has 0 amide bonds. The van der Waals surface area contributed by atoms with Crippen molar-refractivity contribution in [1.29, 1.82) is 0 Å². The summed E-state index contributed by atoms with van der Waals surface area (Å²) in [5.41, 5.74) is 1.25. The molecule has 2 aromatic rings. The molecule has 1 atom stereocenters. The van der Waals surface area contributed by atoms with Crippen LogP contribution in [-0.2, 0) is 0 Å². The lowest BCUT2D eigenvalue weighted by atomic mass is 9.82. The van der Waals surface area contributed by atoms with Gasteiger partial charge in [-0.15, -0.1) is 0 Å². The standard InChI is InChI=1S/C17H26N4/c1-6-18-16-20-14-10-8-7-9-13(14)15(21-16)19-11-12(2)17(3,4)5/h7-10,12H,6,11H2,1-5H3,(H2,18,19,20,21). The van der Waals surface area contributed by atoms with E-state index in [-0.39, 0.29) is 5.41 Å². The van der Waals surface area contributed by atoms with Gasteiger partial charge in [-0.1, -0.05) is 39.8 Å². The average Bonchev–Trinajstić information content (AvgIpc) is 2.43. The minimum Gasteiger partial charge on any atom is -0.369 e. The zero-order chi connectivity index (χ0) is 15.5. The van der Waals surface area contributed by atoms with E-state index in [1.165, 1.54) is 0 Å². The molecule has 114 valence electrons. The van der Waals surface area contributed by atoms with Crippen LogP contribution in [0.15, 0.2) is 24.3 Å². The van der Waals surface area contributed by atoms with Gasteiger partial charge in [-0.25, -0.2) is 4.98 Å². The summed E-state index contributed by atoms with van der Waals surface area (Å²) in [6.07, 6.45) is 0. The molecule has 0 aliphatic carbocycles. The van der Waals surface area contributed by atoms with Gasteiger partial charge in [0.2, 0.25) is 5.95 Å². The monoisotopic (exact) mass is 286 g/mol. The summed E-state index contributed by atoms with van der Waals surface area (Å²) in [6.45, 7) is 12.8. The highest BCUT2D eigenvalue weighted by Crippen LogP contribution is 2.27. The normalized spacial score (nSPS) is 13.2. The van der Waals surface area contributed by atoms with Crippen molar-refractivity contribution in [2.75, 3.05) is 23.7 Å². The summed E-state index contributed by atoms with van der Waals surface area (Å²) in [5.74, 6) is 2.14. The molecular formula is C17H26N4. The van der Waals surface area contributed by atoms with Crippen molar-refractivity contribution in [2.24, 2.45) is 11.3 Å². The van der Waals surface area contributed by atoms with E-state index in [2.05, 4.69) is 54.4 Å². The highest BCUT2D eigenvalue weighted by atomic mass is 15.1. The van der Waals surface area contributed by atoms with Crippen LogP contribution in [0, 0.1) is 11.3 Å². The number of aromatic nitrogens is 2. The van der Waals surface area contributed by atoms with Gasteiger partial charge in [-0.2, -0.15) is 4.98 Å². The van der Waals surface area contributed by atoms with Crippen molar-refractivity contribution >= 4 is 22.7 Å². The van der Waals surface area contributed by atoms with Gasteiger partial charge in [0.25, 0.3) is 0 Å². The number of nitrogens with one attached hydrogen (secondary N) is 2. The van der Waals surface area contributed by atoms with E-state index in [0.29, 0.717) is 11.9 Å². The largest absolute Gasteiger partial charge is 0.369 e. The van der Waals surface area contributed by atoms with Gasteiger partial charge in [0.1, 0.15) is 5.82 Å². The van der Waals surface area contributed by atoms with E-state index in [4.69, 9.17) is 0 Å². The highest BCUT2D eigenvalue weighted by Gasteiger charge is 2.20. The summed E-state index contributed by atoms with van der Waals surface area (Å²) in [6, 6.07) is 8.12. The summed E-state index contributed by atoms with van der Waals surface area (Å²) in [5, 5.41) is 7.77.